The van der Waals surface area contributed by atoms with E-state index < -0.39 is 24.3 Å². The molecule has 1 aliphatic heterocycles. The summed E-state index contributed by atoms with van der Waals surface area (Å²) < 4.78 is 19.9. The summed E-state index contributed by atoms with van der Waals surface area (Å²) >= 11 is 2.34. The molecule has 228 valence electrons. The molecule has 0 spiro atoms. The number of carbonyl (C=O) groups excluding carboxylic acids is 2. The van der Waals surface area contributed by atoms with Gasteiger partial charge in [0, 0.05) is 31.9 Å². The van der Waals surface area contributed by atoms with Crippen LogP contribution in [0.4, 0.5) is 4.79 Å². The van der Waals surface area contributed by atoms with Gasteiger partial charge in [0.1, 0.15) is 6.61 Å². The minimum absolute atomic E-state index is 0.117. The van der Waals surface area contributed by atoms with Gasteiger partial charge in [-0.1, -0.05) is 12.1 Å². The summed E-state index contributed by atoms with van der Waals surface area (Å²) in [7, 11) is 1.28. The molecule has 11 nitrogen and oxygen atoms in total. The molecule has 4 N–H and O–H groups in total. The van der Waals surface area contributed by atoms with Crippen LogP contribution in [0.1, 0.15) is 48.0 Å². The minimum atomic E-state index is -1.10. The zero-order chi connectivity index (χ0) is 31.3. The van der Waals surface area contributed by atoms with Crippen LogP contribution >= 0.6 is 22.6 Å². The Morgan fingerprint density at radius 1 is 1.14 bits per heavy atom. The summed E-state index contributed by atoms with van der Waals surface area (Å²) in [5.74, 6) is 0.214. The van der Waals surface area contributed by atoms with Crippen molar-refractivity contribution in [3.63, 3.8) is 0 Å². The molecule has 2 amide bonds. The number of aryl methyl sites for hydroxylation is 2. The van der Waals surface area contributed by atoms with Crippen molar-refractivity contribution in [1.82, 2.24) is 20.6 Å². The van der Waals surface area contributed by atoms with Crippen molar-refractivity contribution in [2.75, 3.05) is 20.3 Å². The fourth-order valence-corrected chi connectivity index (χ4v) is 5.35. The number of rotatable bonds is 11. The first-order valence-corrected chi connectivity index (χ1v) is 14.8. The fourth-order valence-electron chi connectivity index (χ4n) is 4.85. The van der Waals surface area contributed by atoms with Crippen LogP contribution in [-0.4, -0.2) is 54.4 Å². The Balaban J connectivity index is 1.43. The van der Waals surface area contributed by atoms with Crippen molar-refractivity contribution >= 4 is 40.8 Å². The molecule has 0 saturated heterocycles. The molecule has 0 saturated carbocycles. The average molecular weight is 702 g/mol. The van der Waals surface area contributed by atoms with Gasteiger partial charge in [-0.15, -0.1) is 0 Å². The summed E-state index contributed by atoms with van der Waals surface area (Å²) in [6.45, 7) is 9.85. The largest absolute Gasteiger partial charge is 0.490 e. The van der Waals surface area contributed by atoms with Gasteiger partial charge in [0.25, 0.3) is 0 Å². The van der Waals surface area contributed by atoms with E-state index in [2.05, 4.69) is 73.4 Å². The lowest BCUT2D eigenvalue weighted by molar-refractivity contribution is -0.136. The van der Waals surface area contributed by atoms with Crippen LogP contribution in [0.5, 0.6) is 11.5 Å². The van der Waals surface area contributed by atoms with Crippen molar-refractivity contribution in [2.45, 2.75) is 46.9 Å². The number of urea groups is 1. The van der Waals surface area contributed by atoms with E-state index in [1.807, 2.05) is 26.8 Å². The molecule has 2 aromatic carbocycles. The summed E-state index contributed by atoms with van der Waals surface area (Å²) in [5.41, 5.74) is 9.32. The second kappa shape index (κ2) is 14.0. The first-order valence-electron chi connectivity index (χ1n) is 13.7. The number of methoxy groups -OCH3 is 1. The highest BCUT2D eigenvalue weighted by molar-refractivity contribution is 14.1. The number of amides is 2. The van der Waals surface area contributed by atoms with Gasteiger partial charge in [-0.3, -0.25) is 5.43 Å². The molecule has 2 atom stereocenters. The lowest BCUT2D eigenvalue weighted by Crippen LogP contribution is -2.45. The molecule has 0 radical (unpaired) electrons. The minimum Gasteiger partial charge on any atom is -0.490 e. The van der Waals surface area contributed by atoms with E-state index >= 15 is 0 Å². The number of carbonyl (C=O) groups is 2. The monoisotopic (exact) mass is 701 g/mol. The zero-order valence-electron chi connectivity index (χ0n) is 24.9. The summed E-state index contributed by atoms with van der Waals surface area (Å²) in [6, 6.07) is 12.3. The molecule has 0 bridgehead atoms. The van der Waals surface area contributed by atoms with Gasteiger partial charge in [-0.05, 0) is 98.7 Å². The molecule has 43 heavy (non-hydrogen) atoms. The predicted octanol–water partition coefficient (Wildman–Crippen LogP) is 4.53. The van der Waals surface area contributed by atoms with Crippen LogP contribution in [0.2, 0.25) is 0 Å². The molecule has 0 fully saturated rings. The molecule has 1 aliphatic rings. The van der Waals surface area contributed by atoms with Crippen LogP contribution in [-0.2, 0) is 9.53 Å². The van der Waals surface area contributed by atoms with Gasteiger partial charge in [0.05, 0.1) is 31.5 Å². The quantitative estimate of drug-likeness (QED) is 0.0759. The Bertz CT molecular complexity index is 1580. The SMILES string of the molecule is CCOc1cc([C@H]2NC(=O)NC(C)=C2C(=O)OC)ccc1OC[C@@H](O)N/N=C/c1cc(C)n(-c2ccc(C)c(I)c2)c1C. The number of halogens is 1. The van der Waals surface area contributed by atoms with Gasteiger partial charge in [-0.25, -0.2) is 9.59 Å². The maximum atomic E-state index is 12.4. The number of aliphatic hydroxyl groups is 1. The van der Waals surface area contributed by atoms with Gasteiger partial charge in [0.2, 0.25) is 0 Å². The second-order valence-corrected chi connectivity index (χ2v) is 11.2. The molecule has 0 aliphatic carbocycles. The molecule has 0 unspecified atom stereocenters. The third-order valence-electron chi connectivity index (χ3n) is 6.98. The van der Waals surface area contributed by atoms with Crippen molar-refractivity contribution in [3.8, 4) is 17.2 Å². The fraction of sp³-hybridized carbons (Fsp3) is 0.323. The number of benzene rings is 2. The van der Waals surface area contributed by atoms with Crippen molar-refractivity contribution in [1.29, 1.82) is 0 Å². The standard InChI is InChI=1S/C31H36IN5O6/c1-7-42-26-13-21(29-28(30(39)41-6)19(4)34-31(40)35-29)9-11-25(26)43-16-27(38)36-33-15-22-12-18(3)37(20(22)5)23-10-8-17(2)24(32)14-23/h8-15,27,29,36,38H,7,16H2,1-6H3,(H2,34,35,40)/b33-15+/t27-,29-/m1/s1. The van der Waals surface area contributed by atoms with Crippen LogP contribution in [0.25, 0.3) is 5.69 Å². The third kappa shape index (κ3) is 7.31. The smallest absolute Gasteiger partial charge is 0.337 e. The lowest BCUT2D eigenvalue weighted by Gasteiger charge is -2.28. The van der Waals surface area contributed by atoms with Gasteiger partial charge < -0.3 is 34.5 Å². The lowest BCUT2D eigenvalue weighted by atomic mass is 9.95. The Morgan fingerprint density at radius 3 is 2.60 bits per heavy atom. The number of aromatic nitrogens is 1. The maximum absolute atomic E-state index is 12.4. The van der Waals surface area contributed by atoms with Crippen LogP contribution in [0.15, 0.2) is 58.8 Å². The van der Waals surface area contributed by atoms with Crippen LogP contribution in [0, 0.1) is 24.3 Å². The van der Waals surface area contributed by atoms with Crippen molar-refractivity contribution < 1.29 is 28.9 Å². The highest BCUT2D eigenvalue weighted by Crippen LogP contribution is 2.35. The van der Waals surface area contributed by atoms with E-state index in [4.69, 9.17) is 14.2 Å². The average Bonchev–Trinajstić information content (AvgIpc) is 3.25. The first-order chi connectivity index (χ1) is 20.5. The normalized spacial score (nSPS) is 15.6. The number of allylic oxidation sites excluding steroid dienone is 1. The highest BCUT2D eigenvalue weighted by Gasteiger charge is 2.32. The first kappa shape index (κ1) is 31.9. The van der Waals surface area contributed by atoms with Gasteiger partial charge in [0.15, 0.2) is 17.7 Å². The maximum Gasteiger partial charge on any atom is 0.337 e. The van der Waals surface area contributed by atoms with Crippen molar-refractivity contribution in [2.24, 2.45) is 5.10 Å². The van der Waals surface area contributed by atoms with E-state index in [9.17, 15) is 14.7 Å². The Morgan fingerprint density at radius 2 is 1.91 bits per heavy atom. The van der Waals surface area contributed by atoms with Crippen molar-refractivity contribution in [3.05, 3.63) is 85.4 Å². The second-order valence-electron chi connectivity index (χ2n) is 10.0. The number of hydrazone groups is 1. The number of nitrogens with one attached hydrogen (secondary N) is 3. The van der Waals surface area contributed by atoms with E-state index in [1.54, 1.807) is 31.3 Å². The molecule has 2 heterocycles. The molecule has 12 heteroatoms. The molecule has 1 aromatic heterocycles. The predicted molar refractivity (Wildman–Crippen MR) is 172 cm³/mol. The summed E-state index contributed by atoms with van der Waals surface area (Å²) in [4.78, 5) is 24.6. The Hall–Kier alpha value is -4.04. The topological polar surface area (TPSA) is 135 Å². The number of hydrogen-bond donors (Lipinski definition) is 4. The van der Waals surface area contributed by atoms with E-state index in [0.29, 0.717) is 29.4 Å². The Labute approximate surface area is 264 Å². The third-order valence-corrected chi connectivity index (χ3v) is 8.15. The number of aliphatic hydroxyl groups excluding tert-OH is 1. The number of nitrogens with zero attached hydrogens (tertiary/aromatic N) is 2. The van der Waals surface area contributed by atoms with Gasteiger partial charge in [-0.2, -0.15) is 5.10 Å². The summed E-state index contributed by atoms with van der Waals surface area (Å²) in [6.07, 6.45) is 0.566. The highest BCUT2D eigenvalue weighted by atomic mass is 127. The van der Waals surface area contributed by atoms with Crippen LogP contribution in [0.3, 0.4) is 0 Å². The van der Waals surface area contributed by atoms with E-state index in [-0.39, 0.29) is 12.2 Å². The van der Waals surface area contributed by atoms with E-state index in [0.717, 1.165) is 22.6 Å². The zero-order valence-corrected chi connectivity index (χ0v) is 27.1. The summed E-state index contributed by atoms with van der Waals surface area (Å²) in [5, 5.41) is 20.1. The number of ether oxygens (including phenoxy) is 3. The number of esters is 1. The Kier molecular flexibility index (Phi) is 10.3. The number of hydrogen-bond acceptors (Lipinski definition) is 8. The van der Waals surface area contributed by atoms with Crippen LogP contribution < -0.4 is 25.5 Å². The molecule has 3 aromatic rings. The molecular formula is C31H36IN5O6. The molecular weight excluding hydrogens is 665 g/mol. The molecule has 4 rings (SSSR count). The van der Waals surface area contributed by atoms with E-state index in [1.165, 1.54) is 16.2 Å². The van der Waals surface area contributed by atoms with Gasteiger partial charge >= 0.3 is 12.0 Å².